The van der Waals surface area contributed by atoms with Gasteiger partial charge in [0.2, 0.25) is 10.0 Å². The zero-order valence-electron chi connectivity index (χ0n) is 10.5. The third-order valence-electron chi connectivity index (χ3n) is 2.46. The van der Waals surface area contributed by atoms with Gasteiger partial charge in [-0.3, -0.25) is 4.68 Å². The Morgan fingerprint density at radius 1 is 1.53 bits per heavy atom. The molecule has 0 aliphatic heterocycles. The van der Waals surface area contributed by atoms with Crippen molar-refractivity contribution in [3.05, 3.63) is 12.4 Å². The molecule has 0 radical (unpaired) electrons. The average Bonchev–Trinajstić information content (AvgIpc) is 2.67. The van der Waals surface area contributed by atoms with E-state index in [0.29, 0.717) is 19.6 Å². The van der Waals surface area contributed by atoms with Crippen molar-refractivity contribution in [1.29, 1.82) is 0 Å². The molecule has 1 aromatic rings. The highest BCUT2D eigenvalue weighted by molar-refractivity contribution is 7.89. The average molecular weight is 260 g/mol. The van der Waals surface area contributed by atoms with Gasteiger partial charge in [-0.25, -0.2) is 8.42 Å². The molecule has 0 aromatic carbocycles. The Kier molecular flexibility index (Phi) is 4.67. The minimum absolute atomic E-state index is 0.0668. The maximum Gasteiger partial charge on any atom is 0.246 e. The molecule has 1 heterocycles. The standard InChI is InChI=1S/C10H20N4O2S/c1-4-14(9(2)3)17(15,16)10-7-12-13(8-10)6-5-11/h7-9H,4-6,11H2,1-3H3. The SMILES string of the molecule is CCN(C(C)C)S(=O)(=O)c1cnn(CCN)c1. The lowest BCUT2D eigenvalue weighted by Crippen LogP contribution is -2.36. The largest absolute Gasteiger partial charge is 0.329 e. The summed E-state index contributed by atoms with van der Waals surface area (Å²) in [5, 5.41) is 3.98. The zero-order chi connectivity index (χ0) is 13.1. The topological polar surface area (TPSA) is 81.2 Å². The molecule has 0 fully saturated rings. The molecule has 0 spiro atoms. The molecule has 0 unspecified atom stereocenters. The van der Waals surface area contributed by atoms with Gasteiger partial charge in [0.15, 0.2) is 0 Å². The normalized spacial score (nSPS) is 12.6. The first-order chi connectivity index (χ1) is 7.93. The van der Waals surface area contributed by atoms with Gasteiger partial charge in [0.1, 0.15) is 4.90 Å². The summed E-state index contributed by atoms with van der Waals surface area (Å²) < 4.78 is 27.5. The Bertz CT molecular complexity index is 453. The highest BCUT2D eigenvalue weighted by Crippen LogP contribution is 2.16. The van der Waals surface area contributed by atoms with E-state index in [0.717, 1.165) is 0 Å². The molecule has 1 rings (SSSR count). The fourth-order valence-corrected chi connectivity index (χ4v) is 3.28. The number of aromatic nitrogens is 2. The van der Waals surface area contributed by atoms with Crippen LogP contribution >= 0.6 is 0 Å². The van der Waals surface area contributed by atoms with E-state index in [2.05, 4.69) is 5.10 Å². The van der Waals surface area contributed by atoms with Crippen molar-refractivity contribution in [1.82, 2.24) is 14.1 Å². The number of sulfonamides is 1. The zero-order valence-corrected chi connectivity index (χ0v) is 11.3. The van der Waals surface area contributed by atoms with E-state index in [4.69, 9.17) is 5.73 Å². The minimum Gasteiger partial charge on any atom is -0.329 e. The Morgan fingerprint density at radius 3 is 2.65 bits per heavy atom. The number of rotatable bonds is 6. The van der Waals surface area contributed by atoms with Gasteiger partial charge < -0.3 is 5.73 Å². The van der Waals surface area contributed by atoms with Crippen LogP contribution in [0.3, 0.4) is 0 Å². The van der Waals surface area contributed by atoms with Crippen LogP contribution in [0.4, 0.5) is 0 Å². The van der Waals surface area contributed by atoms with Gasteiger partial charge in [0.05, 0.1) is 12.7 Å². The Hall–Kier alpha value is -0.920. The summed E-state index contributed by atoms with van der Waals surface area (Å²) in [5.74, 6) is 0. The van der Waals surface area contributed by atoms with Gasteiger partial charge in [-0.1, -0.05) is 6.92 Å². The highest BCUT2D eigenvalue weighted by atomic mass is 32.2. The summed E-state index contributed by atoms with van der Waals surface area (Å²) in [4.78, 5) is 0.224. The molecule has 7 heteroatoms. The third kappa shape index (κ3) is 3.05. The lowest BCUT2D eigenvalue weighted by Gasteiger charge is -2.23. The molecule has 6 nitrogen and oxygen atoms in total. The fraction of sp³-hybridized carbons (Fsp3) is 0.700. The first kappa shape index (κ1) is 14.1. The van der Waals surface area contributed by atoms with E-state index >= 15 is 0 Å². The number of nitrogens with two attached hydrogens (primary N) is 1. The van der Waals surface area contributed by atoms with E-state index in [1.807, 2.05) is 20.8 Å². The maximum absolute atomic E-state index is 12.3. The molecule has 0 aliphatic carbocycles. The van der Waals surface area contributed by atoms with Gasteiger partial charge >= 0.3 is 0 Å². The Morgan fingerprint density at radius 2 is 2.18 bits per heavy atom. The molecule has 98 valence electrons. The van der Waals surface area contributed by atoms with Crippen LogP contribution in [0, 0.1) is 0 Å². The second-order valence-electron chi connectivity index (χ2n) is 4.03. The highest BCUT2D eigenvalue weighted by Gasteiger charge is 2.26. The van der Waals surface area contributed by atoms with Crippen LogP contribution in [-0.4, -0.2) is 41.6 Å². The van der Waals surface area contributed by atoms with Gasteiger partial charge in [-0.15, -0.1) is 0 Å². The van der Waals surface area contributed by atoms with E-state index in [9.17, 15) is 8.42 Å². The monoisotopic (exact) mass is 260 g/mol. The summed E-state index contributed by atoms with van der Waals surface area (Å²) in [6.07, 6.45) is 2.89. The number of nitrogens with zero attached hydrogens (tertiary/aromatic N) is 3. The van der Waals surface area contributed by atoms with Crippen LogP contribution in [0.15, 0.2) is 17.3 Å². The molecule has 0 saturated carbocycles. The van der Waals surface area contributed by atoms with Crippen molar-refractivity contribution >= 4 is 10.0 Å². The van der Waals surface area contributed by atoms with Crippen LogP contribution < -0.4 is 5.73 Å². The minimum atomic E-state index is -3.44. The molecule has 0 amide bonds. The van der Waals surface area contributed by atoms with Crippen molar-refractivity contribution in [2.75, 3.05) is 13.1 Å². The fourth-order valence-electron chi connectivity index (χ4n) is 1.68. The van der Waals surface area contributed by atoms with Crippen molar-refractivity contribution in [2.24, 2.45) is 5.73 Å². The van der Waals surface area contributed by atoms with E-state index in [1.165, 1.54) is 16.7 Å². The van der Waals surface area contributed by atoms with Gasteiger partial charge in [0, 0.05) is 25.3 Å². The molecule has 0 saturated heterocycles. The Labute approximate surface area is 102 Å². The van der Waals surface area contributed by atoms with Crippen LogP contribution in [0.5, 0.6) is 0 Å². The van der Waals surface area contributed by atoms with Gasteiger partial charge in [0.25, 0.3) is 0 Å². The summed E-state index contributed by atoms with van der Waals surface area (Å²) in [5.41, 5.74) is 5.39. The summed E-state index contributed by atoms with van der Waals surface area (Å²) in [7, 11) is -3.44. The quantitative estimate of drug-likeness (QED) is 0.795. The van der Waals surface area contributed by atoms with Gasteiger partial charge in [-0.05, 0) is 13.8 Å². The molecule has 0 atom stereocenters. The maximum atomic E-state index is 12.3. The van der Waals surface area contributed by atoms with E-state index in [-0.39, 0.29) is 10.9 Å². The van der Waals surface area contributed by atoms with Crippen LogP contribution in [0.2, 0.25) is 0 Å². The molecular formula is C10H20N4O2S. The van der Waals surface area contributed by atoms with Crippen molar-refractivity contribution < 1.29 is 8.42 Å². The second kappa shape index (κ2) is 5.61. The summed E-state index contributed by atoms with van der Waals surface area (Å²) >= 11 is 0. The molecule has 2 N–H and O–H groups in total. The van der Waals surface area contributed by atoms with Gasteiger partial charge in [-0.2, -0.15) is 9.40 Å². The summed E-state index contributed by atoms with van der Waals surface area (Å²) in [6.45, 7) is 6.92. The molecule has 0 aliphatic rings. The van der Waals surface area contributed by atoms with Crippen LogP contribution in [0.1, 0.15) is 20.8 Å². The number of hydrogen-bond donors (Lipinski definition) is 1. The Balaban J connectivity index is 3.03. The second-order valence-corrected chi connectivity index (χ2v) is 5.92. The van der Waals surface area contributed by atoms with Crippen molar-refractivity contribution in [3.63, 3.8) is 0 Å². The van der Waals surface area contributed by atoms with E-state index < -0.39 is 10.0 Å². The molecule has 0 bridgehead atoms. The van der Waals surface area contributed by atoms with Crippen LogP contribution in [0.25, 0.3) is 0 Å². The third-order valence-corrected chi connectivity index (χ3v) is 4.57. The predicted molar refractivity (Wildman–Crippen MR) is 66.0 cm³/mol. The lowest BCUT2D eigenvalue weighted by atomic mass is 10.4. The first-order valence-electron chi connectivity index (χ1n) is 5.67. The smallest absolute Gasteiger partial charge is 0.246 e. The van der Waals surface area contributed by atoms with Crippen molar-refractivity contribution in [3.8, 4) is 0 Å². The number of hydrogen-bond acceptors (Lipinski definition) is 4. The molecule has 1 aromatic heterocycles. The first-order valence-corrected chi connectivity index (χ1v) is 7.11. The van der Waals surface area contributed by atoms with E-state index in [1.54, 1.807) is 4.68 Å². The van der Waals surface area contributed by atoms with Crippen molar-refractivity contribution in [2.45, 2.75) is 38.3 Å². The predicted octanol–water partition coefficient (Wildman–Crippen LogP) is 0.261. The molecular weight excluding hydrogens is 240 g/mol. The summed E-state index contributed by atoms with van der Waals surface area (Å²) in [6, 6.07) is -0.0668. The van der Waals surface area contributed by atoms with Crippen LogP contribution in [-0.2, 0) is 16.6 Å². The lowest BCUT2D eigenvalue weighted by molar-refractivity contribution is 0.369. The molecule has 17 heavy (non-hydrogen) atoms.